The van der Waals surface area contributed by atoms with E-state index in [9.17, 15) is 14.7 Å². The number of hydrogen-bond acceptors (Lipinski definition) is 3. The third-order valence-electron chi connectivity index (χ3n) is 7.02. The van der Waals surface area contributed by atoms with Crippen LogP contribution in [0.4, 0.5) is 0 Å². The molecule has 174 valence electrons. The van der Waals surface area contributed by atoms with E-state index < -0.39 is 12.0 Å². The number of amides is 2. The van der Waals surface area contributed by atoms with Gasteiger partial charge in [0.2, 0.25) is 5.91 Å². The SMILES string of the molecule is CC(C)NC(=O)[C@@H]1c2ccccc2C(=O)N(C2Cc3ccccc3C2)[C@H]1c1ccc(CO)cc1. The minimum atomic E-state index is -0.528. The lowest BCUT2D eigenvalue weighted by atomic mass is 9.78. The second-order valence-corrected chi connectivity index (χ2v) is 9.62. The van der Waals surface area contributed by atoms with Crippen LogP contribution in [-0.2, 0) is 24.2 Å². The van der Waals surface area contributed by atoms with Gasteiger partial charge in [0, 0.05) is 17.6 Å². The van der Waals surface area contributed by atoms with E-state index in [4.69, 9.17) is 0 Å². The quantitative estimate of drug-likeness (QED) is 0.609. The molecule has 2 N–H and O–H groups in total. The summed E-state index contributed by atoms with van der Waals surface area (Å²) in [5, 5.41) is 12.6. The average molecular weight is 455 g/mol. The standard InChI is InChI=1S/C29H30N2O3/c1-18(2)30-28(33)26-24-9-5-6-10-25(24)29(34)31(23-15-21-7-3-4-8-22(21)16-23)27(26)20-13-11-19(17-32)12-14-20/h3-14,18,23,26-27,32H,15-17H2,1-2H3,(H,30,33)/t26-,27+/m1/s1. The van der Waals surface area contributed by atoms with Crippen molar-refractivity contribution in [1.82, 2.24) is 10.2 Å². The van der Waals surface area contributed by atoms with Gasteiger partial charge >= 0.3 is 0 Å². The van der Waals surface area contributed by atoms with E-state index in [0.717, 1.165) is 29.5 Å². The summed E-state index contributed by atoms with van der Waals surface area (Å²) < 4.78 is 0. The van der Waals surface area contributed by atoms with Gasteiger partial charge < -0.3 is 15.3 Å². The summed E-state index contributed by atoms with van der Waals surface area (Å²) in [4.78, 5) is 29.6. The summed E-state index contributed by atoms with van der Waals surface area (Å²) in [6, 6.07) is 23.0. The maximum absolute atomic E-state index is 14.0. The third kappa shape index (κ3) is 3.90. The largest absolute Gasteiger partial charge is 0.392 e. The van der Waals surface area contributed by atoms with Gasteiger partial charge in [-0.3, -0.25) is 9.59 Å². The molecular weight excluding hydrogens is 424 g/mol. The lowest BCUT2D eigenvalue weighted by Gasteiger charge is -2.45. The van der Waals surface area contributed by atoms with E-state index in [0.29, 0.717) is 5.56 Å². The predicted molar refractivity (Wildman–Crippen MR) is 131 cm³/mol. The van der Waals surface area contributed by atoms with Crippen LogP contribution in [-0.4, -0.2) is 33.9 Å². The van der Waals surface area contributed by atoms with Gasteiger partial charge in [-0.25, -0.2) is 0 Å². The molecule has 0 fully saturated rings. The smallest absolute Gasteiger partial charge is 0.254 e. The normalized spacial score (nSPS) is 19.8. The van der Waals surface area contributed by atoms with E-state index >= 15 is 0 Å². The monoisotopic (exact) mass is 454 g/mol. The molecule has 1 aliphatic heterocycles. The lowest BCUT2D eigenvalue weighted by Crippen LogP contribution is -2.52. The van der Waals surface area contributed by atoms with E-state index in [2.05, 4.69) is 17.4 Å². The number of hydrogen-bond donors (Lipinski definition) is 2. The zero-order valence-electron chi connectivity index (χ0n) is 19.6. The highest BCUT2D eigenvalue weighted by Crippen LogP contribution is 2.45. The number of fused-ring (bicyclic) bond motifs is 2. The Kier molecular flexibility index (Phi) is 5.96. The minimum Gasteiger partial charge on any atom is -0.392 e. The second kappa shape index (κ2) is 9.07. The van der Waals surface area contributed by atoms with Crippen molar-refractivity contribution in [3.05, 3.63) is 106 Å². The Morgan fingerprint density at radius 2 is 1.59 bits per heavy atom. The number of aliphatic hydroxyl groups excluding tert-OH is 1. The number of rotatable bonds is 5. The molecule has 0 saturated carbocycles. The first-order chi connectivity index (χ1) is 16.5. The minimum absolute atomic E-state index is 0.0149. The fourth-order valence-electron chi connectivity index (χ4n) is 5.52. The Labute approximate surface area is 200 Å². The summed E-state index contributed by atoms with van der Waals surface area (Å²) in [7, 11) is 0. The number of nitrogens with zero attached hydrogens (tertiary/aromatic N) is 1. The van der Waals surface area contributed by atoms with Crippen molar-refractivity contribution in [2.24, 2.45) is 0 Å². The molecule has 0 saturated heterocycles. The molecule has 0 unspecified atom stereocenters. The molecule has 0 radical (unpaired) electrons. The maximum atomic E-state index is 14.0. The maximum Gasteiger partial charge on any atom is 0.254 e. The molecule has 2 atom stereocenters. The summed E-state index contributed by atoms with van der Waals surface area (Å²) in [6.45, 7) is 3.86. The molecule has 5 heteroatoms. The van der Waals surface area contributed by atoms with E-state index in [1.807, 2.05) is 79.4 Å². The van der Waals surface area contributed by atoms with Crippen molar-refractivity contribution in [3.8, 4) is 0 Å². The predicted octanol–water partition coefficient (Wildman–Crippen LogP) is 4.15. The summed E-state index contributed by atoms with van der Waals surface area (Å²) in [6.07, 6.45) is 1.54. The van der Waals surface area contributed by atoms with Crippen LogP contribution in [0.2, 0.25) is 0 Å². The summed E-state index contributed by atoms with van der Waals surface area (Å²) in [5.74, 6) is -0.634. The van der Waals surface area contributed by atoms with Crippen LogP contribution in [0.1, 0.15) is 64.0 Å². The highest BCUT2D eigenvalue weighted by atomic mass is 16.3. The number of benzene rings is 3. The van der Waals surface area contributed by atoms with Crippen molar-refractivity contribution >= 4 is 11.8 Å². The number of nitrogens with one attached hydrogen (secondary N) is 1. The van der Waals surface area contributed by atoms with Crippen LogP contribution < -0.4 is 5.32 Å². The summed E-state index contributed by atoms with van der Waals surface area (Å²) in [5.41, 5.74) is 5.60. The number of carbonyl (C=O) groups is 2. The molecule has 1 aliphatic carbocycles. The van der Waals surface area contributed by atoms with E-state index in [1.54, 1.807) is 0 Å². The van der Waals surface area contributed by atoms with Crippen LogP contribution >= 0.6 is 0 Å². The second-order valence-electron chi connectivity index (χ2n) is 9.62. The molecule has 0 aromatic heterocycles. The van der Waals surface area contributed by atoms with Gasteiger partial charge in [-0.05, 0) is 60.6 Å². The average Bonchev–Trinajstić information content (AvgIpc) is 3.27. The molecule has 34 heavy (non-hydrogen) atoms. The zero-order valence-corrected chi connectivity index (χ0v) is 19.6. The van der Waals surface area contributed by atoms with Crippen LogP contribution in [0.3, 0.4) is 0 Å². The Hall–Kier alpha value is -3.44. The van der Waals surface area contributed by atoms with Crippen molar-refractivity contribution in [1.29, 1.82) is 0 Å². The molecule has 0 spiro atoms. The summed E-state index contributed by atoms with van der Waals surface area (Å²) >= 11 is 0. The van der Waals surface area contributed by atoms with Crippen LogP contribution in [0.15, 0.2) is 72.8 Å². The van der Waals surface area contributed by atoms with Gasteiger partial charge in [0.1, 0.15) is 0 Å². The Morgan fingerprint density at radius 3 is 2.21 bits per heavy atom. The molecule has 2 amide bonds. The molecule has 5 nitrogen and oxygen atoms in total. The van der Waals surface area contributed by atoms with Gasteiger partial charge in [0.25, 0.3) is 5.91 Å². The first-order valence-electron chi connectivity index (χ1n) is 12.0. The first-order valence-corrected chi connectivity index (χ1v) is 12.0. The molecule has 5 rings (SSSR count). The number of aliphatic hydroxyl groups is 1. The lowest BCUT2D eigenvalue weighted by molar-refractivity contribution is -0.125. The first kappa shape index (κ1) is 22.4. The van der Waals surface area contributed by atoms with Crippen LogP contribution in [0.25, 0.3) is 0 Å². The van der Waals surface area contributed by atoms with Crippen LogP contribution in [0.5, 0.6) is 0 Å². The Morgan fingerprint density at radius 1 is 0.971 bits per heavy atom. The van der Waals surface area contributed by atoms with Crippen molar-refractivity contribution in [2.45, 2.75) is 57.3 Å². The van der Waals surface area contributed by atoms with Gasteiger partial charge in [-0.2, -0.15) is 0 Å². The van der Waals surface area contributed by atoms with Crippen LogP contribution in [0, 0.1) is 0 Å². The molecule has 3 aromatic rings. The number of carbonyl (C=O) groups excluding carboxylic acids is 2. The third-order valence-corrected chi connectivity index (χ3v) is 7.02. The molecule has 3 aromatic carbocycles. The molecular formula is C29H30N2O3. The Bertz CT molecular complexity index is 1190. The van der Waals surface area contributed by atoms with Gasteiger partial charge in [0.05, 0.1) is 18.6 Å². The van der Waals surface area contributed by atoms with Gasteiger partial charge in [-0.1, -0.05) is 66.7 Å². The van der Waals surface area contributed by atoms with E-state index in [1.165, 1.54) is 11.1 Å². The highest BCUT2D eigenvalue weighted by molar-refractivity contribution is 6.01. The molecule has 2 aliphatic rings. The van der Waals surface area contributed by atoms with Crippen molar-refractivity contribution in [3.63, 3.8) is 0 Å². The van der Waals surface area contributed by atoms with Crippen molar-refractivity contribution < 1.29 is 14.7 Å². The molecule has 0 bridgehead atoms. The topological polar surface area (TPSA) is 69.6 Å². The van der Waals surface area contributed by atoms with Gasteiger partial charge in [0.15, 0.2) is 0 Å². The highest BCUT2D eigenvalue weighted by Gasteiger charge is 2.47. The zero-order chi connectivity index (χ0) is 23.8. The van der Waals surface area contributed by atoms with Crippen molar-refractivity contribution in [2.75, 3.05) is 0 Å². The van der Waals surface area contributed by atoms with E-state index in [-0.39, 0.29) is 30.5 Å². The molecule has 1 heterocycles. The fraction of sp³-hybridized carbons (Fsp3) is 0.310. The van der Waals surface area contributed by atoms with Gasteiger partial charge in [-0.15, -0.1) is 0 Å². The Balaban J connectivity index is 1.66. The fourth-order valence-corrected chi connectivity index (χ4v) is 5.52.